The third-order valence-electron chi connectivity index (χ3n) is 4.16. The van der Waals surface area contributed by atoms with Gasteiger partial charge in [0.15, 0.2) is 0 Å². The third-order valence-corrected chi connectivity index (χ3v) is 5.13. The van der Waals surface area contributed by atoms with Crippen molar-refractivity contribution in [2.24, 2.45) is 0 Å². The van der Waals surface area contributed by atoms with Gasteiger partial charge in [-0.1, -0.05) is 18.2 Å². The van der Waals surface area contributed by atoms with Gasteiger partial charge < -0.3 is 20.5 Å². The van der Waals surface area contributed by atoms with Crippen LogP contribution in [-0.2, 0) is 6.42 Å². The molecule has 1 aliphatic carbocycles. The largest absolute Gasteiger partial charge is 0.494 e. The van der Waals surface area contributed by atoms with E-state index in [2.05, 4.69) is 10.6 Å². The first kappa shape index (κ1) is 16.8. The first-order chi connectivity index (χ1) is 11.7. The molecule has 1 heterocycles. The topological polar surface area (TPSA) is 70.6 Å². The fourth-order valence-electron chi connectivity index (χ4n) is 3.04. The van der Waals surface area contributed by atoms with E-state index >= 15 is 0 Å². The lowest BCUT2D eigenvalue weighted by Gasteiger charge is -2.17. The second-order valence-electron chi connectivity index (χ2n) is 5.73. The molecule has 3 N–H and O–H groups in total. The normalized spacial score (nSPS) is 17.2. The van der Waals surface area contributed by atoms with Crippen LogP contribution in [-0.4, -0.2) is 24.3 Å². The van der Waals surface area contributed by atoms with Gasteiger partial charge in [0.2, 0.25) is 0 Å². The maximum Gasteiger partial charge on any atom is 0.315 e. The molecule has 3 rings (SSSR count). The number of carbonyl (C=O) groups is 1. The number of thiophene rings is 1. The third kappa shape index (κ3) is 3.71. The van der Waals surface area contributed by atoms with Crippen LogP contribution in [0.25, 0.3) is 0 Å². The summed E-state index contributed by atoms with van der Waals surface area (Å²) in [7, 11) is 0. The van der Waals surface area contributed by atoms with Crippen molar-refractivity contribution in [1.82, 2.24) is 10.6 Å². The van der Waals surface area contributed by atoms with Gasteiger partial charge >= 0.3 is 6.03 Å². The molecule has 2 amide bonds. The molecular weight excluding hydrogens is 324 g/mol. The van der Waals surface area contributed by atoms with Gasteiger partial charge in [0.25, 0.3) is 0 Å². The molecule has 1 aliphatic rings. The highest BCUT2D eigenvalue weighted by Crippen LogP contribution is 2.36. The molecule has 5 nitrogen and oxygen atoms in total. The SMILES string of the molecule is CCOc1cccc2c1CC[C@H]2NC(=O)NC[C@@H](O)c1cccs1. The van der Waals surface area contributed by atoms with Crippen LogP contribution in [0.5, 0.6) is 5.75 Å². The Kier molecular flexibility index (Phi) is 5.37. The summed E-state index contributed by atoms with van der Waals surface area (Å²) in [4.78, 5) is 13.0. The zero-order chi connectivity index (χ0) is 16.9. The zero-order valence-corrected chi connectivity index (χ0v) is 14.4. The maximum atomic E-state index is 12.1. The molecule has 0 radical (unpaired) electrons. The van der Waals surface area contributed by atoms with Crippen molar-refractivity contribution in [3.63, 3.8) is 0 Å². The number of aliphatic hydroxyl groups is 1. The Labute approximate surface area is 145 Å². The lowest BCUT2D eigenvalue weighted by Crippen LogP contribution is -2.39. The van der Waals surface area contributed by atoms with E-state index in [0.29, 0.717) is 6.61 Å². The summed E-state index contributed by atoms with van der Waals surface area (Å²) in [5, 5.41) is 17.7. The van der Waals surface area contributed by atoms with Crippen LogP contribution in [0.3, 0.4) is 0 Å². The van der Waals surface area contributed by atoms with Gasteiger partial charge in [0, 0.05) is 4.88 Å². The van der Waals surface area contributed by atoms with E-state index in [9.17, 15) is 9.90 Å². The molecule has 128 valence electrons. The Hall–Kier alpha value is -2.05. The van der Waals surface area contributed by atoms with Gasteiger partial charge in [-0.05, 0) is 48.4 Å². The predicted octanol–water partition coefficient (Wildman–Crippen LogP) is 3.17. The summed E-state index contributed by atoms with van der Waals surface area (Å²) in [5.74, 6) is 0.910. The van der Waals surface area contributed by atoms with Gasteiger partial charge in [0.1, 0.15) is 11.9 Å². The van der Waals surface area contributed by atoms with E-state index in [1.54, 1.807) is 0 Å². The summed E-state index contributed by atoms with van der Waals surface area (Å²) >= 11 is 1.48. The molecule has 24 heavy (non-hydrogen) atoms. The van der Waals surface area contributed by atoms with Crippen LogP contribution < -0.4 is 15.4 Å². The van der Waals surface area contributed by atoms with Crippen LogP contribution in [0.15, 0.2) is 35.7 Å². The van der Waals surface area contributed by atoms with Crippen LogP contribution in [0, 0.1) is 0 Å². The quantitative estimate of drug-likeness (QED) is 0.752. The Balaban J connectivity index is 1.56. The summed E-state index contributed by atoms with van der Waals surface area (Å²) in [6, 6.07) is 9.44. The molecule has 0 saturated heterocycles. The van der Waals surface area contributed by atoms with Crippen molar-refractivity contribution >= 4 is 17.4 Å². The predicted molar refractivity (Wildman–Crippen MR) is 94.5 cm³/mol. The van der Waals surface area contributed by atoms with Crippen molar-refractivity contribution < 1.29 is 14.6 Å². The second-order valence-corrected chi connectivity index (χ2v) is 6.71. The first-order valence-corrected chi connectivity index (χ1v) is 9.07. The lowest BCUT2D eigenvalue weighted by molar-refractivity contribution is 0.175. The standard InChI is InChI=1S/C18H22N2O3S/c1-2-23-16-6-3-5-12-13(16)8-9-14(12)20-18(22)19-11-15(21)17-7-4-10-24-17/h3-7,10,14-15,21H,2,8-9,11H2,1H3,(H2,19,20,22)/t14-,15-/m1/s1. The van der Waals surface area contributed by atoms with Crippen LogP contribution in [0.4, 0.5) is 4.79 Å². The maximum absolute atomic E-state index is 12.1. The molecule has 2 atom stereocenters. The number of carbonyl (C=O) groups excluding carboxylic acids is 1. The Morgan fingerprint density at radius 2 is 2.29 bits per heavy atom. The van der Waals surface area contributed by atoms with Crippen molar-refractivity contribution in [1.29, 1.82) is 0 Å². The molecule has 0 fully saturated rings. The fourth-order valence-corrected chi connectivity index (χ4v) is 3.75. The highest BCUT2D eigenvalue weighted by molar-refractivity contribution is 7.10. The summed E-state index contributed by atoms with van der Waals surface area (Å²) < 4.78 is 5.66. The van der Waals surface area contributed by atoms with Crippen molar-refractivity contribution in [3.05, 3.63) is 51.7 Å². The minimum absolute atomic E-state index is 0.0145. The summed E-state index contributed by atoms with van der Waals surface area (Å²) in [6.07, 6.45) is 1.09. The number of hydrogen-bond donors (Lipinski definition) is 3. The average molecular weight is 346 g/mol. The van der Waals surface area contributed by atoms with E-state index in [-0.39, 0.29) is 18.6 Å². The van der Waals surface area contributed by atoms with E-state index in [4.69, 9.17) is 4.74 Å². The molecule has 1 aromatic carbocycles. The molecule has 0 saturated carbocycles. The van der Waals surface area contributed by atoms with Gasteiger partial charge in [-0.3, -0.25) is 0 Å². The van der Waals surface area contributed by atoms with Crippen molar-refractivity contribution in [2.75, 3.05) is 13.2 Å². The number of aliphatic hydroxyl groups excluding tert-OH is 1. The molecule has 6 heteroatoms. The number of fused-ring (bicyclic) bond motifs is 1. The number of ether oxygens (including phenoxy) is 1. The molecule has 1 aromatic heterocycles. The van der Waals surface area contributed by atoms with E-state index in [1.165, 1.54) is 16.9 Å². The van der Waals surface area contributed by atoms with E-state index < -0.39 is 6.10 Å². The lowest BCUT2D eigenvalue weighted by atomic mass is 10.1. The molecule has 0 aliphatic heterocycles. The van der Waals surface area contributed by atoms with Crippen LogP contribution in [0.1, 0.15) is 41.5 Å². The molecule has 2 aromatic rings. The minimum Gasteiger partial charge on any atom is -0.494 e. The fraction of sp³-hybridized carbons (Fsp3) is 0.389. The van der Waals surface area contributed by atoms with Crippen LogP contribution in [0.2, 0.25) is 0 Å². The monoisotopic (exact) mass is 346 g/mol. The van der Waals surface area contributed by atoms with Crippen molar-refractivity contribution in [3.8, 4) is 5.75 Å². The molecular formula is C18H22N2O3S. The smallest absolute Gasteiger partial charge is 0.315 e. The number of rotatable bonds is 6. The van der Waals surface area contributed by atoms with Crippen molar-refractivity contribution in [2.45, 2.75) is 31.9 Å². The average Bonchev–Trinajstić information content (AvgIpc) is 3.24. The molecule has 0 unspecified atom stereocenters. The molecule has 0 bridgehead atoms. The highest BCUT2D eigenvalue weighted by atomic mass is 32.1. The number of amides is 2. The summed E-state index contributed by atoms with van der Waals surface area (Å²) in [5.41, 5.74) is 2.30. The number of hydrogen-bond acceptors (Lipinski definition) is 4. The van der Waals surface area contributed by atoms with Gasteiger partial charge in [-0.2, -0.15) is 0 Å². The minimum atomic E-state index is -0.670. The number of urea groups is 1. The highest BCUT2D eigenvalue weighted by Gasteiger charge is 2.26. The Bertz CT molecular complexity index is 688. The van der Waals surface area contributed by atoms with Gasteiger partial charge in [-0.15, -0.1) is 11.3 Å². The number of benzene rings is 1. The van der Waals surface area contributed by atoms with Gasteiger partial charge in [-0.25, -0.2) is 4.79 Å². The van der Waals surface area contributed by atoms with E-state index in [0.717, 1.165) is 29.0 Å². The first-order valence-electron chi connectivity index (χ1n) is 8.19. The Morgan fingerprint density at radius 1 is 1.42 bits per heavy atom. The second kappa shape index (κ2) is 7.68. The van der Waals surface area contributed by atoms with E-state index in [1.807, 2.05) is 42.6 Å². The zero-order valence-electron chi connectivity index (χ0n) is 13.6. The number of nitrogens with one attached hydrogen (secondary N) is 2. The van der Waals surface area contributed by atoms with Crippen LogP contribution >= 0.6 is 11.3 Å². The summed E-state index contributed by atoms with van der Waals surface area (Å²) in [6.45, 7) is 2.80. The Morgan fingerprint density at radius 3 is 3.04 bits per heavy atom. The molecule has 0 spiro atoms. The van der Waals surface area contributed by atoms with Gasteiger partial charge in [0.05, 0.1) is 19.2 Å².